The Balaban J connectivity index is 1.44. The number of nitrogens with zero attached hydrogens (tertiary/aromatic N) is 4. The summed E-state index contributed by atoms with van der Waals surface area (Å²) in [7, 11) is 0. The maximum atomic E-state index is 5.68. The number of rotatable bonds is 4. The van der Waals surface area contributed by atoms with Gasteiger partial charge in [-0.2, -0.15) is 10.2 Å². The third-order valence-electron chi connectivity index (χ3n) is 4.09. The van der Waals surface area contributed by atoms with Crippen molar-refractivity contribution >= 4 is 0 Å². The number of furan rings is 1. The summed E-state index contributed by atoms with van der Waals surface area (Å²) in [6, 6.07) is 4.32. The Morgan fingerprint density at radius 1 is 1.45 bits per heavy atom. The van der Waals surface area contributed by atoms with E-state index in [1.165, 1.54) is 0 Å². The summed E-state index contributed by atoms with van der Waals surface area (Å²) in [6.07, 6.45) is 5.52. The Hall–Kier alpha value is -2.41. The van der Waals surface area contributed by atoms with Gasteiger partial charge in [0.05, 0.1) is 12.7 Å². The van der Waals surface area contributed by atoms with E-state index in [1.54, 1.807) is 6.33 Å². The van der Waals surface area contributed by atoms with Gasteiger partial charge in [-0.3, -0.25) is 5.10 Å². The molecule has 114 valence electrons. The summed E-state index contributed by atoms with van der Waals surface area (Å²) < 4.78 is 7.65. The number of fused-ring (bicyclic) bond motifs is 1. The largest absolute Gasteiger partial charge is 0.460 e. The molecule has 0 aliphatic carbocycles. The molecule has 0 fully saturated rings. The topological polar surface area (TPSA) is 84.6 Å². The molecule has 1 atom stereocenters. The minimum absolute atomic E-state index is 0.398. The normalized spacial score (nSPS) is 17.6. The maximum absolute atomic E-state index is 5.68. The van der Waals surface area contributed by atoms with Crippen LogP contribution in [0.5, 0.6) is 0 Å². The molecule has 0 bridgehead atoms. The van der Waals surface area contributed by atoms with Crippen LogP contribution in [0.25, 0.3) is 11.5 Å². The number of nitrogens with one attached hydrogen (secondary N) is 2. The van der Waals surface area contributed by atoms with E-state index in [0.717, 1.165) is 54.5 Å². The lowest BCUT2D eigenvalue weighted by molar-refractivity contribution is 0.358. The summed E-state index contributed by atoms with van der Waals surface area (Å²) in [6.45, 7) is 3.55. The zero-order valence-electron chi connectivity index (χ0n) is 12.4. The van der Waals surface area contributed by atoms with Crippen molar-refractivity contribution in [2.75, 3.05) is 0 Å². The fourth-order valence-corrected chi connectivity index (χ4v) is 2.89. The van der Waals surface area contributed by atoms with Crippen molar-refractivity contribution in [3.05, 3.63) is 41.8 Å². The number of aromatic nitrogens is 5. The second-order valence-corrected chi connectivity index (χ2v) is 5.66. The zero-order chi connectivity index (χ0) is 14.9. The molecule has 0 amide bonds. The molecule has 4 rings (SSSR count). The van der Waals surface area contributed by atoms with Crippen LogP contribution in [-0.4, -0.2) is 31.0 Å². The average Bonchev–Trinajstić information content (AvgIpc) is 3.24. The van der Waals surface area contributed by atoms with Gasteiger partial charge in [0.25, 0.3) is 0 Å². The maximum Gasteiger partial charge on any atom is 0.152 e. The average molecular weight is 298 g/mol. The van der Waals surface area contributed by atoms with E-state index < -0.39 is 0 Å². The van der Waals surface area contributed by atoms with E-state index in [2.05, 4.69) is 25.6 Å². The summed E-state index contributed by atoms with van der Waals surface area (Å²) in [4.78, 5) is 4.25. The Labute approximate surface area is 127 Å². The summed E-state index contributed by atoms with van der Waals surface area (Å²) in [5.74, 6) is 2.80. The van der Waals surface area contributed by atoms with E-state index >= 15 is 0 Å². The van der Waals surface area contributed by atoms with Gasteiger partial charge in [-0.05, 0) is 25.5 Å². The second-order valence-electron chi connectivity index (χ2n) is 5.66. The van der Waals surface area contributed by atoms with Gasteiger partial charge in [0.2, 0.25) is 0 Å². The first kappa shape index (κ1) is 13.3. The fourth-order valence-electron chi connectivity index (χ4n) is 2.89. The van der Waals surface area contributed by atoms with Gasteiger partial charge in [-0.1, -0.05) is 0 Å². The van der Waals surface area contributed by atoms with Crippen molar-refractivity contribution in [3.63, 3.8) is 0 Å². The van der Waals surface area contributed by atoms with Crippen LogP contribution in [0.4, 0.5) is 0 Å². The molecule has 0 saturated carbocycles. The molecule has 1 aliphatic heterocycles. The van der Waals surface area contributed by atoms with Gasteiger partial charge in [0.15, 0.2) is 5.76 Å². The standard InChI is InChI=1S/C15H18N6O/c1-10-2-4-13(22-10)15-11(7-18-20-15)6-16-12-3-5-14-17-9-19-21(14)8-12/h2,4,7,9,12,16H,3,5-6,8H2,1H3,(H,18,20)/t12-/m1/s1. The van der Waals surface area contributed by atoms with Crippen LogP contribution in [0, 0.1) is 6.92 Å². The molecule has 0 unspecified atom stereocenters. The monoisotopic (exact) mass is 298 g/mol. The lowest BCUT2D eigenvalue weighted by Crippen LogP contribution is -2.37. The van der Waals surface area contributed by atoms with Gasteiger partial charge < -0.3 is 9.73 Å². The van der Waals surface area contributed by atoms with Crippen LogP contribution in [0.2, 0.25) is 0 Å². The lowest BCUT2D eigenvalue weighted by atomic mass is 10.1. The Kier molecular flexibility index (Phi) is 3.27. The van der Waals surface area contributed by atoms with Crippen molar-refractivity contribution in [1.82, 2.24) is 30.3 Å². The first-order valence-corrected chi connectivity index (χ1v) is 7.49. The van der Waals surface area contributed by atoms with Crippen molar-refractivity contribution in [2.45, 2.75) is 38.9 Å². The predicted molar refractivity (Wildman–Crippen MR) is 80.0 cm³/mol. The third-order valence-corrected chi connectivity index (χ3v) is 4.09. The molecule has 4 heterocycles. The van der Waals surface area contributed by atoms with Gasteiger partial charge in [-0.15, -0.1) is 0 Å². The van der Waals surface area contributed by atoms with E-state index in [1.807, 2.05) is 29.9 Å². The summed E-state index contributed by atoms with van der Waals surface area (Å²) in [5.41, 5.74) is 2.05. The molecule has 22 heavy (non-hydrogen) atoms. The van der Waals surface area contributed by atoms with Crippen molar-refractivity contribution < 1.29 is 4.42 Å². The SMILES string of the molecule is Cc1ccc(-c2[nH]ncc2CN[C@@H]2CCc3ncnn3C2)o1. The number of hydrogen-bond donors (Lipinski definition) is 2. The van der Waals surface area contributed by atoms with E-state index in [9.17, 15) is 0 Å². The fraction of sp³-hybridized carbons (Fsp3) is 0.400. The van der Waals surface area contributed by atoms with Crippen LogP contribution < -0.4 is 5.32 Å². The molecule has 0 spiro atoms. The molecule has 3 aromatic heterocycles. The van der Waals surface area contributed by atoms with Crippen molar-refractivity contribution in [3.8, 4) is 11.5 Å². The number of aromatic amines is 1. The molecular formula is C15H18N6O. The highest BCUT2D eigenvalue weighted by Gasteiger charge is 2.20. The molecule has 2 N–H and O–H groups in total. The van der Waals surface area contributed by atoms with Crippen LogP contribution in [0.15, 0.2) is 29.1 Å². The molecule has 0 radical (unpaired) electrons. The van der Waals surface area contributed by atoms with Crippen LogP contribution in [0.3, 0.4) is 0 Å². The minimum Gasteiger partial charge on any atom is -0.460 e. The molecule has 7 nitrogen and oxygen atoms in total. The number of aryl methyl sites for hydroxylation is 2. The predicted octanol–water partition coefficient (Wildman–Crippen LogP) is 1.67. The van der Waals surface area contributed by atoms with Crippen molar-refractivity contribution in [2.24, 2.45) is 0 Å². The van der Waals surface area contributed by atoms with Gasteiger partial charge in [0, 0.05) is 24.6 Å². The Morgan fingerprint density at radius 3 is 3.27 bits per heavy atom. The van der Waals surface area contributed by atoms with Crippen LogP contribution in [0.1, 0.15) is 23.6 Å². The van der Waals surface area contributed by atoms with E-state index in [-0.39, 0.29) is 0 Å². The van der Waals surface area contributed by atoms with E-state index in [0.29, 0.717) is 6.04 Å². The smallest absolute Gasteiger partial charge is 0.152 e. The van der Waals surface area contributed by atoms with Crippen molar-refractivity contribution in [1.29, 1.82) is 0 Å². The number of H-pyrrole nitrogens is 1. The second kappa shape index (κ2) is 5.42. The van der Waals surface area contributed by atoms with Gasteiger partial charge in [-0.25, -0.2) is 9.67 Å². The van der Waals surface area contributed by atoms with E-state index in [4.69, 9.17) is 4.42 Å². The summed E-state index contributed by atoms with van der Waals surface area (Å²) in [5, 5.41) is 15.0. The zero-order valence-corrected chi connectivity index (χ0v) is 12.4. The molecule has 1 aliphatic rings. The first-order valence-electron chi connectivity index (χ1n) is 7.49. The van der Waals surface area contributed by atoms with Crippen LogP contribution >= 0.6 is 0 Å². The highest BCUT2D eigenvalue weighted by atomic mass is 16.3. The molecule has 3 aromatic rings. The molecule has 0 aromatic carbocycles. The van der Waals surface area contributed by atoms with Crippen LogP contribution in [-0.2, 0) is 19.5 Å². The third kappa shape index (κ3) is 2.43. The minimum atomic E-state index is 0.398. The molecular weight excluding hydrogens is 280 g/mol. The van der Waals surface area contributed by atoms with Gasteiger partial charge in [0.1, 0.15) is 23.6 Å². The summed E-state index contributed by atoms with van der Waals surface area (Å²) >= 11 is 0. The molecule has 7 heteroatoms. The first-order chi connectivity index (χ1) is 10.8. The molecule has 0 saturated heterocycles. The highest BCUT2D eigenvalue weighted by molar-refractivity contribution is 5.56. The Morgan fingerprint density at radius 2 is 2.41 bits per heavy atom. The Bertz CT molecular complexity index is 770. The van der Waals surface area contributed by atoms with Gasteiger partial charge >= 0.3 is 0 Å². The lowest BCUT2D eigenvalue weighted by Gasteiger charge is -2.23. The quantitative estimate of drug-likeness (QED) is 0.765. The number of hydrogen-bond acceptors (Lipinski definition) is 5. The highest BCUT2D eigenvalue weighted by Crippen LogP contribution is 2.23.